The minimum Gasteiger partial charge on any atom is -0.493 e. The number of carbonyl (C=O) groups is 2. The van der Waals surface area contributed by atoms with E-state index in [1.807, 2.05) is 41.8 Å². The molecule has 2 aromatic carbocycles. The maximum Gasteiger partial charge on any atom is 0.249 e. The quantitative estimate of drug-likeness (QED) is 0.334. The highest BCUT2D eigenvalue weighted by molar-refractivity contribution is 7.10. The summed E-state index contributed by atoms with van der Waals surface area (Å²) in [4.78, 5) is 30.4. The molecule has 2 amide bonds. The predicted octanol–water partition coefficient (Wildman–Crippen LogP) is 4.73. The normalized spacial score (nSPS) is 14.7. The zero-order valence-electron chi connectivity index (χ0n) is 21.5. The highest BCUT2D eigenvalue weighted by Gasteiger charge is 2.35. The smallest absolute Gasteiger partial charge is 0.249 e. The third kappa shape index (κ3) is 5.35. The van der Waals surface area contributed by atoms with Gasteiger partial charge in [0.15, 0.2) is 11.5 Å². The predicted molar refractivity (Wildman–Crippen MR) is 147 cm³/mol. The molecule has 38 heavy (non-hydrogen) atoms. The number of carbonyl (C=O) groups excluding carboxylic acids is 2. The highest BCUT2D eigenvalue weighted by Crippen LogP contribution is 2.37. The van der Waals surface area contributed by atoms with E-state index in [1.165, 1.54) is 17.8 Å². The van der Waals surface area contributed by atoms with Crippen LogP contribution in [0.1, 0.15) is 43.0 Å². The van der Waals surface area contributed by atoms with Gasteiger partial charge in [0, 0.05) is 22.7 Å². The SMILES string of the molecule is COc1ccc(N(C(=O)Cn2nnc3ccccc32)[C@@H](C(=O)NC2CCCCC2)c2cccs2)cc1OC. The van der Waals surface area contributed by atoms with Crippen molar-refractivity contribution in [3.8, 4) is 11.5 Å². The van der Waals surface area contributed by atoms with Crippen LogP contribution in [0.4, 0.5) is 5.69 Å². The van der Waals surface area contributed by atoms with Crippen LogP contribution in [0.2, 0.25) is 0 Å². The number of anilines is 1. The van der Waals surface area contributed by atoms with Gasteiger partial charge in [-0.3, -0.25) is 14.5 Å². The fourth-order valence-electron chi connectivity index (χ4n) is 5.00. The lowest BCUT2D eigenvalue weighted by atomic mass is 9.95. The van der Waals surface area contributed by atoms with Gasteiger partial charge in [0.25, 0.3) is 0 Å². The summed E-state index contributed by atoms with van der Waals surface area (Å²) < 4.78 is 12.5. The van der Waals surface area contributed by atoms with Crippen LogP contribution in [0.15, 0.2) is 60.0 Å². The van der Waals surface area contributed by atoms with Crippen LogP contribution in [-0.2, 0) is 16.1 Å². The molecular weight excluding hydrogens is 502 g/mol. The number of nitrogens with zero attached hydrogens (tertiary/aromatic N) is 4. The first-order valence-electron chi connectivity index (χ1n) is 12.7. The molecule has 2 aromatic heterocycles. The zero-order chi connectivity index (χ0) is 26.5. The Hall–Kier alpha value is -3.92. The molecule has 0 aliphatic heterocycles. The molecular formula is C28H31N5O4S. The molecule has 4 aromatic rings. The molecule has 1 fully saturated rings. The number of nitrogens with one attached hydrogen (secondary N) is 1. The molecule has 5 rings (SSSR count). The third-order valence-corrected chi connectivity index (χ3v) is 7.81. The van der Waals surface area contributed by atoms with Crippen molar-refractivity contribution in [1.29, 1.82) is 0 Å². The van der Waals surface area contributed by atoms with Crippen molar-refractivity contribution in [3.05, 3.63) is 64.9 Å². The van der Waals surface area contributed by atoms with E-state index >= 15 is 0 Å². The van der Waals surface area contributed by atoms with Crippen LogP contribution >= 0.6 is 11.3 Å². The van der Waals surface area contributed by atoms with E-state index in [9.17, 15) is 9.59 Å². The van der Waals surface area contributed by atoms with Gasteiger partial charge >= 0.3 is 0 Å². The van der Waals surface area contributed by atoms with Gasteiger partial charge in [-0.05, 0) is 48.6 Å². The van der Waals surface area contributed by atoms with Gasteiger partial charge in [-0.2, -0.15) is 0 Å². The van der Waals surface area contributed by atoms with E-state index in [1.54, 1.807) is 42.0 Å². The van der Waals surface area contributed by atoms with Crippen molar-refractivity contribution in [3.63, 3.8) is 0 Å². The average molecular weight is 534 g/mol. The molecule has 1 aliphatic carbocycles. The Balaban J connectivity index is 1.56. The van der Waals surface area contributed by atoms with E-state index in [-0.39, 0.29) is 24.4 Å². The summed E-state index contributed by atoms with van der Waals surface area (Å²) in [7, 11) is 3.10. The van der Waals surface area contributed by atoms with Gasteiger partial charge in [-0.1, -0.05) is 42.7 Å². The number of fused-ring (bicyclic) bond motifs is 1. The van der Waals surface area contributed by atoms with Crippen LogP contribution in [-0.4, -0.2) is 47.1 Å². The second kappa shape index (κ2) is 11.6. The number of benzene rings is 2. The maximum atomic E-state index is 14.1. The number of aromatic nitrogens is 3. The Morgan fingerprint density at radius 1 is 1.05 bits per heavy atom. The molecule has 1 N–H and O–H groups in total. The topological polar surface area (TPSA) is 98.6 Å². The number of rotatable bonds is 9. The van der Waals surface area contributed by atoms with E-state index in [2.05, 4.69) is 15.6 Å². The van der Waals surface area contributed by atoms with Crippen LogP contribution in [0.25, 0.3) is 11.0 Å². The van der Waals surface area contributed by atoms with Gasteiger partial charge < -0.3 is 14.8 Å². The third-order valence-electron chi connectivity index (χ3n) is 6.89. The largest absolute Gasteiger partial charge is 0.493 e. The molecule has 10 heteroatoms. The average Bonchev–Trinajstić information content (AvgIpc) is 3.62. The van der Waals surface area contributed by atoms with Crippen molar-refractivity contribution in [1.82, 2.24) is 20.3 Å². The Morgan fingerprint density at radius 3 is 2.58 bits per heavy atom. The van der Waals surface area contributed by atoms with E-state index in [4.69, 9.17) is 9.47 Å². The van der Waals surface area contributed by atoms with Crippen molar-refractivity contribution in [2.24, 2.45) is 0 Å². The maximum absolute atomic E-state index is 14.1. The number of methoxy groups -OCH3 is 2. The Kier molecular flexibility index (Phi) is 7.88. The number of ether oxygens (including phenoxy) is 2. The first-order valence-corrected chi connectivity index (χ1v) is 13.6. The lowest BCUT2D eigenvalue weighted by molar-refractivity contribution is -0.127. The Morgan fingerprint density at radius 2 is 1.84 bits per heavy atom. The summed E-state index contributed by atoms with van der Waals surface area (Å²) in [6.45, 7) is -0.0898. The lowest BCUT2D eigenvalue weighted by Crippen LogP contribution is -2.48. The fraction of sp³-hybridized carbons (Fsp3) is 0.357. The minimum atomic E-state index is -0.864. The van der Waals surface area contributed by atoms with Crippen molar-refractivity contribution >= 4 is 39.9 Å². The molecule has 0 unspecified atom stereocenters. The van der Waals surface area contributed by atoms with Gasteiger partial charge in [0.1, 0.15) is 18.1 Å². The summed E-state index contributed by atoms with van der Waals surface area (Å²) in [6, 6.07) is 15.7. The second-order valence-corrected chi connectivity index (χ2v) is 10.3. The van der Waals surface area contributed by atoms with E-state index < -0.39 is 6.04 Å². The first kappa shape index (κ1) is 25.7. The van der Waals surface area contributed by atoms with Crippen LogP contribution in [0, 0.1) is 0 Å². The summed E-state index contributed by atoms with van der Waals surface area (Å²) in [5.74, 6) is 0.493. The van der Waals surface area contributed by atoms with Crippen LogP contribution in [0.3, 0.4) is 0 Å². The number of amides is 2. The highest BCUT2D eigenvalue weighted by atomic mass is 32.1. The molecule has 1 aliphatic rings. The van der Waals surface area contributed by atoms with E-state index in [0.717, 1.165) is 36.1 Å². The summed E-state index contributed by atoms with van der Waals surface area (Å²) in [5, 5.41) is 13.5. The molecule has 9 nitrogen and oxygen atoms in total. The molecule has 2 heterocycles. The zero-order valence-corrected chi connectivity index (χ0v) is 22.3. The monoisotopic (exact) mass is 533 g/mol. The summed E-state index contributed by atoms with van der Waals surface area (Å²) >= 11 is 1.44. The number of para-hydroxylation sites is 1. The molecule has 0 spiro atoms. The summed E-state index contributed by atoms with van der Waals surface area (Å²) in [5.41, 5.74) is 1.96. The number of hydrogen-bond acceptors (Lipinski definition) is 7. The Labute approximate surface area is 225 Å². The van der Waals surface area contributed by atoms with Crippen molar-refractivity contribution in [2.45, 2.75) is 50.7 Å². The molecule has 1 atom stereocenters. The molecule has 198 valence electrons. The van der Waals surface area contributed by atoms with E-state index in [0.29, 0.717) is 22.7 Å². The second-order valence-electron chi connectivity index (χ2n) is 9.30. The molecule has 0 saturated heterocycles. The summed E-state index contributed by atoms with van der Waals surface area (Å²) in [6.07, 6.45) is 5.25. The standard InChI is InChI=1S/C28H31N5O4S/c1-36-23-15-14-20(17-24(23)37-2)33(26(34)18-32-22-12-7-6-11-21(22)30-31-32)27(25-13-8-16-38-25)28(35)29-19-9-4-3-5-10-19/h6-8,11-17,19,27H,3-5,9-10,18H2,1-2H3,(H,29,35)/t27-/m1/s1. The molecule has 0 radical (unpaired) electrons. The fourth-order valence-corrected chi connectivity index (χ4v) is 5.81. The van der Waals surface area contributed by atoms with Crippen molar-refractivity contribution in [2.75, 3.05) is 19.1 Å². The van der Waals surface area contributed by atoms with Crippen LogP contribution in [0.5, 0.6) is 11.5 Å². The lowest BCUT2D eigenvalue weighted by Gasteiger charge is -2.33. The number of hydrogen-bond donors (Lipinski definition) is 1. The first-order chi connectivity index (χ1) is 18.6. The number of thiophene rings is 1. The van der Waals surface area contributed by atoms with Crippen molar-refractivity contribution < 1.29 is 19.1 Å². The van der Waals surface area contributed by atoms with Crippen LogP contribution < -0.4 is 19.7 Å². The molecule has 1 saturated carbocycles. The van der Waals surface area contributed by atoms with Gasteiger partial charge in [0.05, 0.1) is 19.7 Å². The Bertz CT molecular complexity index is 1400. The minimum absolute atomic E-state index is 0.0898. The van der Waals surface area contributed by atoms with Gasteiger partial charge in [-0.15, -0.1) is 16.4 Å². The molecule has 0 bridgehead atoms. The van der Waals surface area contributed by atoms with Gasteiger partial charge in [0.2, 0.25) is 11.8 Å². The van der Waals surface area contributed by atoms with Gasteiger partial charge in [-0.25, -0.2) is 4.68 Å².